The Morgan fingerprint density at radius 2 is 1.29 bits per heavy atom. The van der Waals surface area contributed by atoms with Gasteiger partial charge in [-0.2, -0.15) is 0 Å². The Morgan fingerprint density at radius 3 is 1.68 bits per heavy atom. The predicted octanol–water partition coefficient (Wildman–Crippen LogP) is 4.45. The lowest BCUT2D eigenvalue weighted by atomic mass is 10.2. The molecule has 150 valence electrons. The minimum Gasteiger partial charge on any atom is -0.458 e. The SMILES string of the molecule is C=CC.C=CC.O=C(OCC(CO)OC(=O)c1ccccc1)c1ccccc1. The van der Waals surface area contributed by atoms with E-state index < -0.39 is 24.6 Å². The Hall–Kier alpha value is -3.18. The fraction of sp³-hybridized carbons (Fsp3) is 0.217. The van der Waals surface area contributed by atoms with E-state index in [2.05, 4.69) is 13.2 Å². The van der Waals surface area contributed by atoms with Crippen LogP contribution in [-0.4, -0.2) is 36.4 Å². The molecule has 0 aliphatic rings. The monoisotopic (exact) mass is 384 g/mol. The molecule has 1 N–H and O–H groups in total. The predicted molar refractivity (Wildman–Crippen MR) is 111 cm³/mol. The lowest BCUT2D eigenvalue weighted by Gasteiger charge is -2.15. The highest BCUT2D eigenvalue weighted by molar-refractivity contribution is 5.90. The first kappa shape index (κ1) is 24.8. The fourth-order valence-electron chi connectivity index (χ4n) is 1.74. The first-order valence-corrected chi connectivity index (χ1v) is 8.77. The van der Waals surface area contributed by atoms with Crippen molar-refractivity contribution in [2.75, 3.05) is 13.2 Å². The van der Waals surface area contributed by atoms with Crippen molar-refractivity contribution in [3.05, 3.63) is 97.1 Å². The van der Waals surface area contributed by atoms with Gasteiger partial charge in [0.15, 0.2) is 6.10 Å². The van der Waals surface area contributed by atoms with Crippen molar-refractivity contribution in [3.8, 4) is 0 Å². The number of allylic oxidation sites excluding steroid dienone is 2. The standard InChI is InChI=1S/C17H16O5.2C3H6/c18-11-15(22-17(20)14-9-5-2-6-10-14)12-21-16(19)13-7-3-1-4-8-13;2*1-3-2/h1-10,15,18H,11-12H2;2*3H,1H2,2H3. The van der Waals surface area contributed by atoms with Gasteiger partial charge in [-0.15, -0.1) is 13.2 Å². The molecular weight excluding hydrogens is 356 g/mol. The number of carbonyl (C=O) groups is 2. The van der Waals surface area contributed by atoms with E-state index in [0.717, 1.165) is 0 Å². The van der Waals surface area contributed by atoms with Gasteiger partial charge in [-0.05, 0) is 38.1 Å². The number of rotatable bonds is 6. The summed E-state index contributed by atoms with van der Waals surface area (Å²) in [5, 5.41) is 9.24. The van der Waals surface area contributed by atoms with Crippen molar-refractivity contribution in [2.45, 2.75) is 20.0 Å². The summed E-state index contributed by atoms with van der Waals surface area (Å²) < 4.78 is 10.1. The van der Waals surface area contributed by atoms with E-state index in [-0.39, 0.29) is 6.61 Å². The number of carbonyl (C=O) groups excluding carboxylic acids is 2. The molecule has 0 saturated heterocycles. The molecule has 0 radical (unpaired) electrons. The van der Waals surface area contributed by atoms with Crippen molar-refractivity contribution in [2.24, 2.45) is 0 Å². The molecule has 1 atom stereocenters. The zero-order valence-corrected chi connectivity index (χ0v) is 16.4. The molecule has 0 spiro atoms. The van der Waals surface area contributed by atoms with Crippen molar-refractivity contribution in [1.82, 2.24) is 0 Å². The maximum atomic E-state index is 11.9. The van der Waals surface area contributed by atoms with Crippen LogP contribution in [0.1, 0.15) is 34.6 Å². The first-order chi connectivity index (χ1) is 13.5. The van der Waals surface area contributed by atoms with E-state index in [4.69, 9.17) is 9.47 Å². The topological polar surface area (TPSA) is 72.8 Å². The van der Waals surface area contributed by atoms with E-state index in [1.165, 1.54) is 0 Å². The molecule has 0 aliphatic heterocycles. The molecule has 0 heterocycles. The summed E-state index contributed by atoms with van der Waals surface area (Å²) in [6.45, 7) is 9.86. The minimum atomic E-state index is -0.902. The van der Waals surface area contributed by atoms with Crippen LogP contribution in [0.2, 0.25) is 0 Å². The van der Waals surface area contributed by atoms with Gasteiger partial charge in [0.05, 0.1) is 17.7 Å². The molecule has 28 heavy (non-hydrogen) atoms. The van der Waals surface area contributed by atoms with Crippen LogP contribution in [0.5, 0.6) is 0 Å². The normalized spacial score (nSPS) is 9.96. The summed E-state index contributed by atoms with van der Waals surface area (Å²) in [4.78, 5) is 23.6. The number of ether oxygens (including phenoxy) is 2. The lowest BCUT2D eigenvalue weighted by Crippen LogP contribution is -2.28. The molecule has 0 amide bonds. The summed E-state index contributed by atoms with van der Waals surface area (Å²) in [6, 6.07) is 16.9. The lowest BCUT2D eigenvalue weighted by molar-refractivity contribution is -0.0170. The van der Waals surface area contributed by atoms with Gasteiger partial charge in [-0.1, -0.05) is 48.6 Å². The van der Waals surface area contributed by atoms with Gasteiger partial charge in [-0.25, -0.2) is 9.59 Å². The number of hydrogen-bond acceptors (Lipinski definition) is 5. The Balaban J connectivity index is 0.00000108. The molecule has 0 aromatic heterocycles. The molecule has 0 bridgehead atoms. The van der Waals surface area contributed by atoms with Crippen LogP contribution in [0, 0.1) is 0 Å². The molecule has 1 unspecified atom stereocenters. The average Bonchev–Trinajstić information content (AvgIpc) is 2.73. The highest BCUT2D eigenvalue weighted by Gasteiger charge is 2.17. The summed E-state index contributed by atoms with van der Waals surface area (Å²) in [5.74, 6) is -1.11. The smallest absolute Gasteiger partial charge is 0.338 e. The van der Waals surface area contributed by atoms with E-state index in [1.807, 2.05) is 13.8 Å². The Labute approximate surface area is 166 Å². The molecule has 0 saturated carbocycles. The third kappa shape index (κ3) is 10.7. The molecule has 2 aromatic carbocycles. The second kappa shape index (κ2) is 16.0. The highest BCUT2D eigenvalue weighted by atomic mass is 16.6. The summed E-state index contributed by atoms with van der Waals surface area (Å²) in [5.41, 5.74) is 0.768. The zero-order chi connectivity index (χ0) is 21.2. The van der Waals surface area contributed by atoms with Crippen LogP contribution in [0.25, 0.3) is 0 Å². The van der Waals surface area contributed by atoms with Crippen LogP contribution < -0.4 is 0 Å². The third-order valence-electron chi connectivity index (χ3n) is 2.90. The van der Waals surface area contributed by atoms with Crippen molar-refractivity contribution < 1.29 is 24.2 Å². The molecular formula is C23H28O5. The second-order valence-electron chi connectivity index (χ2n) is 5.36. The fourth-order valence-corrected chi connectivity index (χ4v) is 1.74. The molecule has 0 aliphatic carbocycles. The van der Waals surface area contributed by atoms with E-state index in [9.17, 15) is 14.7 Å². The molecule has 5 nitrogen and oxygen atoms in total. The molecule has 2 aromatic rings. The van der Waals surface area contributed by atoms with Crippen molar-refractivity contribution in [1.29, 1.82) is 0 Å². The van der Waals surface area contributed by atoms with Gasteiger partial charge in [0.1, 0.15) is 6.61 Å². The van der Waals surface area contributed by atoms with Crippen LogP contribution in [0.15, 0.2) is 86.0 Å². The molecule has 5 heteroatoms. The van der Waals surface area contributed by atoms with E-state index in [1.54, 1.807) is 72.8 Å². The number of aliphatic hydroxyl groups excluding tert-OH is 1. The van der Waals surface area contributed by atoms with Crippen LogP contribution in [0.3, 0.4) is 0 Å². The van der Waals surface area contributed by atoms with Crippen molar-refractivity contribution >= 4 is 11.9 Å². The van der Waals surface area contributed by atoms with Gasteiger partial charge < -0.3 is 14.6 Å². The highest BCUT2D eigenvalue weighted by Crippen LogP contribution is 2.06. The van der Waals surface area contributed by atoms with Crippen molar-refractivity contribution in [3.63, 3.8) is 0 Å². The summed E-state index contributed by atoms with van der Waals surface area (Å²) >= 11 is 0. The van der Waals surface area contributed by atoms with Crippen LogP contribution >= 0.6 is 0 Å². The number of hydrogen-bond donors (Lipinski definition) is 1. The van der Waals surface area contributed by atoms with Crippen LogP contribution in [0.4, 0.5) is 0 Å². The molecule has 0 fully saturated rings. The third-order valence-corrected chi connectivity index (χ3v) is 2.90. The van der Waals surface area contributed by atoms with E-state index >= 15 is 0 Å². The second-order valence-corrected chi connectivity index (χ2v) is 5.36. The van der Waals surface area contributed by atoms with Gasteiger partial charge >= 0.3 is 11.9 Å². The largest absolute Gasteiger partial charge is 0.458 e. The summed E-state index contributed by atoms with van der Waals surface area (Å²) in [6.07, 6.45) is 2.60. The van der Waals surface area contributed by atoms with Crippen LogP contribution in [-0.2, 0) is 9.47 Å². The first-order valence-electron chi connectivity index (χ1n) is 8.77. The quantitative estimate of drug-likeness (QED) is 0.589. The van der Waals surface area contributed by atoms with Gasteiger partial charge in [0, 0.05) is 0 Å². The number of aliphatic hydroxyl groups is 1. The van der Waals surface area contributed by atoms with Gasteiger partial charge in [0.2, 0.25) is 0 Å². The molecule has 2 rings (SSSR count). The Bertz CT molecular complexity index is 689. The minimum absolute atomic E-state index is 0.206. The number of esters is 2. The van der Waals surface area contributed by atoms with Gasteiger partial charge in [0.25, 0.3) is 0 Å². The zero-order valence-electron chi connectivity index (χ0n) is 16.4. The Morgan fingerprint density at radius 1 is 0.893 bits per heavy atom. The average molecular weight is 384 g/mol. The van der Waals surface area contributed by atoms with Gasteiger partial charge in [-0.3, -0.25) is 0 Å². The van der Waals surface area contributed by atoms with E-state index in [0.29, 0.717) is 11.1 Å². The maximum Gasteiger partial charge on any atom is 0.338 e. The summed E-state index contributed by atoms with van der Waals surface area (Å²) in [7, 11) is 0. The Kier molecular flexibility index (Phi) is 14.2. The number of benzene rings is 2. The maximum absolute atomic E-state index is 11.9.